The number of piperidine rings is 1. The first-order chi connectivity index (χ1) is 10.7. The highest BCUT2D eigenvalue weighted by Gasteiger charge is 2.22. The number of benzene rings is 1. The second kappa shape index (κ2) is 8.03. The number of ether oxygens (including phenoxy) is 2. The van der Waals surface area contributed by atoms with Gasteiger partial charge in [-0.1, -0.05) is 6.07 Å². The highest BCUT2D eigenvalue weighted by molar-refractivity contribution is 5.79. The summed E-state index contributed by atoms with van der Waals surface area (Å²) in [5.41, 5.74) is 0.958. The number of carbonyl (C=O) groups is 1. The Kier molecular flexibility index (Phi) is 6.07. The van der Waals surface area contributed by atoms with E-state index in [9.17, 15) is 4.79 Å². The van der Waals surface area contributed by atoms with Crippen LogP contribution in [0.15, 0.2) is 18.2 Å². The van der Waals surface area contributed by atoms with Crippen LogP contribution in [0.5, 0.6) is 11.5 Å². The van der Waals surface area contributed by atoms with Crippen molar-refractivity contribution in [1.29, 1.82) is 0 Å². The molecule has 1 aliphatic rings. The molecule has 22 heavy (non-hydrogen) atoms. The van der Waals surface area contributed by atoms with Crippen molar-refractivity contribution in [2.45, 2.75) is 19.3 Å². The zero-order valence-corrected chi connectivity index (χ0v) is 13.7. The smallest absolute Gasteiger partial charge is 0.226 e. The third kappa shape index (κ3) is 4.13. The zero-order chi connectivity index (χ0) is 15.9. The molecule has 1 N–H and O–H groups in total. The van der Waals surface area contributed by atoms with Crippen molar-refractivity contribution in [3.63, 3.8) is 0 Å². The van der Waals surface area contributed by atoms with E-state index in [1.165, 1.54) is 0 Å². The van der Waals surface area contributed by atoms with E-state index in [2.05, 4.69) is 5.32 Å². The van der Waals surface area contributed by atoms with Crippen LogP contribution in [-0.4, -0.2) is 51.7 Å². The Morgan fingerprint density at radius 1 is 1.23 bits per heavy atom. The number of nitrogens with one attached hydrogen (secondary N) is 1. The normalized spacial score (nSPS) is 15.7. The number of methoxy groups -OCH3 is 2. The third-order valence-corrected chi connectivity index (χ3v) is 4.26. The molecule has 0 aromatic heterocycles. The number of nitrogens with zero attached hydrogens (tertiary/aromatic N) is 1. The summed E-state index contributed by atoms with van der Waals surface area (Å²) in [5.74, 6) is 2.23. The van der Waals surface area contributed by atoms with E-state index >= 15 is 0 Å². The molecular weight excluding hydrogens is 280 g/mol. The van der Waals surface area contributed by atoms with Crippen LogP contribution in [0.4, 0.5) is 0 Å². The number of hydrogen-bond donors (Lipinski definition) is 1. The van der Waals surface area contributed by atoms with Crippen LogP contribution in [0.25, 0.3) is 0 Å². The van der Waals surface area contributed by atoms with Crippen molar-refractivity contribution in [2.75, 3.05) is 40.9 Å². The predicted molar refractivity (Wildman–Crippen MR) is 86.5 cm³/mol. The maximum Gasteiger partial charge on any atom is 0.226 e. The maximum atomic E-state index is 12.4. The molecular formula is C17H26N2O3. The minimum atomic E-state index is 0.190. The molecule has 0 unspecified atom stereocenters. The summed E-state index contributed by atoms with van der Waals surface area (Å²) in [6, 6.07) is 5.65. The fourth-order valence-electron chi connectivity index (χ4n) is 2.95. The quantitative estimate of drug-likeness (QED) is 0.869. The molecule has 1 saturated heterocycles. The summed E-state index contributed by atoms with van der Waals surface area (Å²) in [4.78, 5) is 14.4. The van der Waals surface area contributed by atoms with Crippen molar-refractivity contribution < 1.29 is 14.3 Å². The van der Waals surface area contributed by atoms with Gasteiger partial charge < -0.3 is 19.7 Å². The Labute approximate surface area is 132 Å². The topological polar surface area (TPSA) is 50.8 Å². The molecule has 1 fully saturated rings. The summed E-state index contributed by atoms with van der Waals surface area (Å²) in [5, 5.41) is 3.22. The molecule has 0 radical (unpaired) electrons. The van der Waals surface area contributed by atoms with Crippen LogP contribution < -0.4 is 14.8 Å². The Hall–Kier alpha value is -1.75. The van der Waals surface area contributed by atoms with E-state index in [1.807, 2.05) is 30.1 Å². The third-order valence-electron chi connectivity index (χ3n) is 4.26. The van der Waals surface area contributed by atoms with Gasteiger partial charge in [0.25, 0.3) is 0 Å². The number of rotatable bonds is 6. The zero-order valence-electron chi connectivity index (χ0n) is 13.7. The largest absolute Gasteiger partial charge is 0.493 e. The van der Waals surface area contributed by atoms with Gasteiger partial charge >= 0.3 is 0 Å². The molecule has 0 bridgehead atoms. The van der Waals surface area contributed by atoms with Gasteiger partial charge in [0.2, 0.25) is 5.91 Å². The second-order valence-electron chi connectivity index (χ2n) is 5.75. The van der Waals surface area contributed by atoms with Crippen molar-refractivity contribution in [3.05, 3.63) is 23.8 Å². The van der Waals surface area contributed by atoms with Gasteiger partial charge in [0.05, 0.1) is 20.6 Å². The van der Waals surface area contributed by atoms with Crippen LogP contribution in [-0.2, 0) is 11.2 Å². The lowest BCUT2D eigenvalue weighted by atomic mass is 9.96. The fraction of sp³-hybridized carbons (Fsp3) is 0.588. The molecule has 1 aromatic carbocycles. The molecule has 0 atom stereocenters. The Bertz CT molecular complexity index is 497. The highest BCUT2D eigenvalue weighted by atomic mass is 16.5. The molecule has 0 aliphatic carbocycles. The van der Waals surface area contributed by atoms with Crippen LogP contribution in [0, 0.1) is 5.92 Å². The van der Waals surface area contributed by atoms with Crippen molar-refractivity contribution in [1.82, 2.24) is 10.2 Å². The predicted octanol–water partition coefficient (Wildman–Crippen LogP) is 1.70. The van der Waals surface area contributed by atoms with Crippen molar-refractivity contribution in [2.24, 2.45) is 5.92 Å². The van der Waals surface area contributed by atoms with Gasteiger partial charge in [-0.25, -0.2) is 0 Å². The first kappa shape index (κ1) is 16.6. The SMILES string of the molecule is CNCC1CCN(C(=O)Cc2ccc(OC)c(OC)c2)CC1. The summed E-state index contributed by atoms with van der Waals surface area (Å²) in [6.45, 7) is 2.76. The minimum absolute atomic E-state index is 0.190. The molecule has 1 heterocycles. The maximum absolute atomic E-state index is 12.4. The first-order valence-corrected chi connectivity index (χ1v) is 7.81. The fourth-order valence-corrected chi connectivity index (χ4v) is 2.95. The summed E-state index contributed by atoms with van der Waals surface area (Å²) in [7, 11) is 5.20. The lowest BCUT2D eigenvalue weighted by Crippen LogP contribution is -2.41. The van der Waals surface area contributed by atoms with E-state index in [0.29, 0.717) is 23.8 Å². The first-order valence-electron chi connectivity index (χ1n) is 7.81. The van der Waals surface area contributed by atoms with Crippen LogP contribution >= 0.6 is 0 Å². The van der Waals surface area contributed by atoms with Crippen LogP contribution in [0.1, 0.15) is 18.4 Å². The molecule has 1 aliphatic heterocycles. The molecule has 1 aromatic rings. The summed E-state index contributed by atoms with van der Waals surface area (Å²) >= 11 is 0. The van der Waals surface area contributed by atoms with E-state index in [4.69, 9.17) is 9.47 Å². The van der Waals surface area contributed by atoms with Gasteiger partial charge in [-0.15, -0.1) is 0 Å². The molecule has 0 spiro atoms. The number of likely N-dealkylation sites (tertiary alicyclic amines) is 1. The lowest BCUT2D eigenvalue weighted by molar-refractivity contribution is -0.131. The Balaban J connectivity index is 1.92. The number of hydrogen-bond acceptors (Lipinski definition) is 4. The lowest BCUT2D eigenvalue weighted by Gasteiger charge is -2.32. The molecule has 0 saturated carbocycles. The standard InChI is InChI=1S/C17H26N2O3/c1-18-12-13-6-8-19(9-7-13)17(20)11-14-4-5-15(21-2)16(10-14)22-3/h4-5,10,13,18H,6-9,11-12H2,1-3H3. The Morgan fingerprint density at radius 2 is 1.91 bits per heavy atom. The summed E-state index contributed by atoms with van der Waals surface area (Å²) in [6.07, 6.45) is 2.58. The number of carbonyl (C=O) groups excluding carboxylic acids is 1. The number of amides is 1. The van der Waals surface area contributed by atoms with Gasteiger partial charge in [0, 0.05) is 13.1 Å². The summed E-state index contributed by atoms with van der Waals surface area (Å²) < 4.78 is 10.5. The van der Waals surface area contributed by atoms with E-state index in [-0.39, 0.29) is 5.91 Å². The molecule has 5 nitrogen and oxygen atoms in total. The van der Waals surface area contributed by atoms with E-state index < -0.39 is 0 Å². The van der Waals surface area contributed by atoms with Gasteiger partial charge in [0.1, 0.15) is 0 Å². The van der Waals surface area contributed by atoms with Gasteiger partial charge in [-0.05, 0) is 50.0 Å². The van der Waals surface area contributed by atoms with Crippen molar-refractivity contribution >= 4 is 5.91 Å². The van der Waals surface area contributed by atoms with E-state index in [0.717, 1.165) is 38.0 Å². The average molecular weight is 306 g/mol. The minimum Gasteiger partial charge on any atom is -0.493 e. The Morgan fingerprint density at radius 3 is 2.50 bits per heavy atom. The van der Waals surface area contributed by atoms with Gasteiger partial charge in [-0.2, -0.15) is 0 Å². The molecule has 2 rings (SSSR count). The highest BCUT2D eigenvalue weighted by Crippen LogP contribution is 2.28. The van der Waals surface area contributed by atoms with Gasteiger partial charge in [-0.3, -0.25) is 4.79 Å². The van der Waals surface area contributed by atoms with Crippen molar-refractivity contribution in [3.8, 4) is 11.5 Å². The average Bonchev–Trinajstić information content (AvgIpc) is 2.55. The van der Waals surface area contributed by atoms with Crippen LogP contribution in [0.2, 0.25) is 0 Å². The van der Waals surface area contributed by atoms with Gasteiger partial charge in [0.15, 0.2) is 11.5 Å². The molecule has 122 valence electrons. The second-order valence-corrected chi connectivity index (χ2v) is 5.75. The monoisotopic (exact) mass is 306 g/mol. The van der Waals surface area contributed by atoms with E-state index in [1.54, 1.807) is 14.2 Å². The molecule has 1 amide bonds. The van der Waals surface area contributed by atoms with Crippen LogP contribution in [0.3, 0.4) is 0 Å². The molecule has 5 heteroatoms.